The van der Waals surface area contributed by atoms with Crippen LogP contribution in [-0.4, -0.2) is 29.1 Å². The number of unbranched alkanes of at least 4 members (excludes halogenated alkanes) is 7. The molecule has 2 atom stereocenters. The van der Waals surface area contributed by atoms with E-state index in [1.165, 1.54) is 25.7 Å². The summed E-state index contributed by atoms with van der Waals surface area (Å²) in [5.74, 6) is -0.771. The molecule has 0 aromatic heterocycles. The molecule has 3 N–H and O–H groups in total. The van der Waals surface area contributed by atoms with Crippen LogP contribution in [0.25, 0.3) is 0 Å². The summed E-state index contributed by atoms with van der Waals surface area (Å²) < 4.78 is 0. The number of amides is 3. The first kappa shape index (κ1) is 20.5. The van der Waals surface area contributed by atoms with Crippen LogP contribution in [0.4, 0.5) is 4.79 Å². The highest BCUT2D eigenvalue weighted by molar-refractivity contribution is 6.04. The van der Waals surface area contributed by atoms with E-state index in [1.54, 1.807) is 0 Å². The quantitative estimate of drug-likeness (QED) is 0.332. The van der Waals surface area contributed by atoms with Crippen molar-refractivity contribution in [3.63, 3.8) is 0 Å². The third kappa shape index (κ3) is 8.31. The van der Waals surface area contributed by atoms with Crippen molar-refractivity contribution in [1.29, 1.82) is 0 Å². The molecule has 2 unspecified atom stereocenters. The molecule has 0 spiro atoms. The number of imide groups is 1. The number of carboxylic acid groups (broad SMARTS) is 1. The lowest BCUT2D eigenvalue weighted by molar-refractivity contribution is -0.137. The Morgan fingerprint density at radius 1 is 1.00 bits per heavy atom. The average molecular weight is 340 g/mol. The Kier molecular flexibility index (Phi) is 10.1. The number of carbonyl (C=O) groups excluding carboxylic acids is 2. The minimum Gasteiger partial charge on any atom is -0.481 e. The summed E-state index contributed by atoms with van der Waals surface area (Å²) in [6.45, 7) is 2.19. The van der Waals surface area contributed by atoms with E-state index in [9.17, 15) is 14.4 Å². The molecule has 6 nitrogen and oxygen atoms in total. The summed E-state index contributed by atoms with van der Waals surface area (Å²) in [5, 5.41) is 13.7. The molecule has 138 valence electrons. The van der Waals surface area contributed by atoms with Gasteiger partial charge in [-0.15, -0.1) is 0 Å². The van der Waals surface area contributed by atoms with Crippen LogP contribution >= 0.6 is 0 Å². The maximum atomic E-state index is 11.9. The van der Waals surface area contributed by atoms with Crippen molar-refractivity contribution < 1.29 is 19.5 Å². The Morgan fingerprint density at radius 3 is 2.08 bits per heavy atom. The van der Waals surface area contributed by atoms with Gasteiger partial charge in [-0.05, 0) is 25.2 Å². The monoisotopic (exact) mass is 340 g/mol. The number of rotatable bonds is 14. The van der Waals surface area contributed by atoms with Gasteiger partial charge in [0.25, 0.3) is 5.91 Å². The van der Waals surface area contributed by atoms with Gasteiger partial charge in [0, 0.05) is 6.42 Å². The summed E-state index contributed by atoms with van der Waals surface area (Å²) in [6, 6.07) is -0.787. The van der Waals surface area contributed by atoms with E-state index in [0.29, 0.717) is 6.42 Å². The van der Waals surface area contributed by atoms with Gasteiger partial charge in [-0.25, -0.2) is 4.79 Å². The van der Waals surface area contributed by atoms with Crippen molar-refractivity contribution in [2.45, 2.75) is 90.0 Å². The van der Waals surface area contributed by atoms with Crippen LogP contribution in [0.5, 0.6) is 0 Å². The first-order valence-corrected chi connectivity index (χ1v) is 9.37. The lowest BCUT2D eigenvalue weighted by atomic mass is 9.88. The molecule has 0 aliphatic carbocycles. The van der Waals surface area contributed by atoms with E-state index in [-0.39, 0.29) is 24.3 Å². The normalized spacial score (nSPS) is 18.3. The number of hydrogen-bond donors (Lipinski definition) is 3. The van der Waals surface area contributed by atoms with Gasteiger partial charge in [0.15, 0.2) is 0 Å². The molecule has 1 aliphatic heterocycles. The molecule has 1 saturated heterocycles. The molecule has 1 rings (SSSR count). The summed E-state index contributed by atoms with van der Waals surface area (Å²) in [7, 11) is 0. The molecule has 0 aromatic rings. The fourth-order valence-corrected chi connectivity index (χ4v) is 3.29. The van der Waals surface area contributed by atoms with Crippen LogP contribution in [0, 0.1) is 5.92 Å². The molecule has 6 heteroatoms. The Labute approximate surface area is 144 Å². The van der Waals surface area contributed by atoms with Crippen molar-refractivity contribution in [3.05, 3.63) is 0 Å². The number of hydrogen-bond acceptors (Lipinski definition) is 3. The highest BCUT2D eigenvalue weighted by Gasteiger charge is 2.35. The smallest absolute Gasteiger partial charge is 0.322 e. The van der Waals surface area contributed by atoms with Crippen molar-refractivity contribution >= 4 is 17.9 Å². The van der Waals surface area contributed by atoms with Crippen LogP contribution in [0.15, 0.2) is 0 Å². The number of urea groups is 1. The van der Waals surface area contributed by atoms with E-state index in [0.717, 1.165) is 38.5 Å². The number of carbonyl (C=O) groups is 3. The van der Waals surface area contributed by atoms with Crippen LogP contribution in [0.2, 0.25) is 0 Å². The topological polar surface area (TPSA) is 95.5 Å². The fourth-order valence-electron chi connectivity index (χ4n) is 3.29. The number of nitrogens with one attached hydrogen (secondary N) is 2. The van der Waals surface area contributed by atoms with Crippen LogP contribution in [0.1, 0.15) is 84.0 Å². The zero-order chi connectivity index (χ0) is 17.8. The van der Waals surface area contributed by atoms with Gasteiger partial charge in [-0.1, -0.05) is 58.3 Å². The highest BCUT2D eigenvalue weighted by atomic mass is 16.4. The van der Waals surface area contributed by atoms with Gasteiger partial charge < -0.3 is 10.4 Å². The fraction of sp³-hybridized carbons (Fsp3) is 0.833. The van der Waals surface area contributed by atoms with E-state index in [4.69, 9.17) is 5.11 Å². The molecule has 1 fully saturated rings. The molecule has 1 heterocycles. The molecular formula is C18H32N2O4. The molecule has 0 aromatic carbocycles. The number of carboxylic acids is 1. The SMILES string of the molecule is CCCCCCCC(CCCCCCC(=O)O)C1NC(=O)NC1=O. The Hall–Kier alpha value is -1.59. The predicted molar refractivity (Wildman–Crippen MR) is 92.7 cm³/mol. The second-order valence-corrected chi connectivity index (χ2v) is 6.75. The third-order valence-electron chi connectivity index (χ3n) is 4.67. The van der Waals surface area contributed by atoms with Crippen molar-refractivity contribution in [3.8, 4) is 0 Å². The lowest BCUT2D eigenvalue weighted by Gasteiger charge is -2.21. The van der Waals surface area contributed by atoms with E-state index < -0.39 is 12.0 Å². The first-order chi connectivity index (χ1) is 11.5. The van der Waals surface area contributed by atoms with Gasteiger partial charge in [0.05, 0.1) is 0 Å². The highest BCUT2D eigenvalue weighted by Crippen LogP contribution is 2.23. The summed E-state index contributed by atoms with van der Waals surface area (Å²) in [5.41, 5.74) is 0. The molecule has 0 bridgehead atoms. The minimum absolute atomic E-state index is 0.178. The zero-order valence-corrected chi connectivity index (χ0v) is 14.8. The molecule has 24 heavy (non-hydrogen) atoms. The Morgan fingerprint density at radius 2 is 1.58 bits per heavy atom. The van der Waals surface area contributed by atoms with Crippen LogP contribution in [-0.2, 0) is 9.59 Å². The zero-order valence-electron chi connectivity index (χ0n) is 14.8. The van der Waals surface area contributed by atoms with E-state index in [1.807, 2.05) is 0 Å². The van der Waals surface area contributed by atoms with E-state index >= 15 is 0 Å². The standard InChI is InChI=1S/C18H32N2O4/c1-2-3-4-5-8-11-14(16-17(23)20-18(24)19-16)12-9-6-7-10-13-15(21)22/h14,16H,2-13H2,1H3,(H,21,22)(H2,19,20,23,24). The maximum absolute atomic E-state index is 11.9. The van der Waals surface area contributed by atoms with Gasteiger partial charge in [0.1, 0.15) is 6.04 Å². The summed E-state index contributed by atoms with van der Waals surface area (Å²) in [6.07, 6.45) is 11.6. The summed E-state index contributed by atoms with van der Waals surface area (Å²) >= 11 is 0. The first-order valence-electron chi connectivity index (χ1n) is 9.37. The second-order valence-electron chi connectivity index (χ2n) is 6.75. The van der Waals surface area contributed by atoms with Crippen LogP contribution < -0.4 is 10.6 Å². The minimum atomic E-state index is -0.745. The molecule has 0 radical (unpaired) electrons. The average Bonchev–Trinajstić information content (AvgIpc) is 2.86. The van der Waals surface area contributed by atoms with Gasteiger partial charge >= 0.3 is 12.0 Å². The maximum Gasteiger partial charge on any atom is 0.322 e. The van der Waals surface area contributed by atoms with Crippen molar-refractivity contribution in [2.24, 2.45) is 5.92 Å². The van der Waals surface area contributed by atoms with Gasteiger partial charge in [-0.2, -0.15) is 0 Å². The third-order valence-corrected chi connectivity index (χ3v) is 4.67. The molecular weight excluding hydrogens is 308 g/mol. The van der Waals surface area contributed by atoms with Crippen molar-refractivity contribution in [1.82, 2.24) is 10.6 Å². The van der Waals surface area contributed by atoms with Gasteiger partial charge in [0.2, 0.25) is 0 Å². The number of aliphatic carboxylic acids is 1. The lowest BCUT2D eigenvalue weighted by Crippen LogP contribution is -2.37. The van der Waals surface area contributed by atoms with Crippen molar-refractivity contribution in [2.75, 3.05) is 0 Å². The molecule has 1 aliphatic rings. The van der Waals surface area contributed by atoms with Gasteiger partial charge in [-0.3, -0.25) is 14.9 Å². The van der Waals surface area contributed by atoms with E-state index in [2.05, 4.69) is 17.6 Å². The largest absolute Gasteiger partial charge is 0.481 e. The Balaban J connectivity index is 2.33. The summed E-state index contributed by atoms with van der Waals surface area (Å²) in [4.78, 5) is 33.8. The second kappa shape index (κ2) is 11.9. The Bertz CT molecular complexity index is 412. The molecule has 3 amide bonds. The molecule has 0 saturated carbocycles. The van der Waals surface area contributed by atoms with Crippen LogP contribution in [0.3, 0.4) is 0 Å². The predicted octanol–water partition coefficient (Wildman–Crippen LogP) is 3.60.